The van der Waals surface area contributed by atoms with E-state index in [9.17, 15) is 4.39 Å². The number of nitrogens with one attached hydrogen (secondary N) is 2. The van der Waals surface area contributed by atoms with Crippen molar-refractivity contribution in [1.82, 2.24) is 15.6 Å². The lowest BCUT2D eigenvalue weighted by Gasteiger charge is -2.12. The van der Waals surface area contributed by atoms with E-state index in [1.54, 1.807) is 18.3 Å². The number of pyridine rings is 1. The maximum Gasteiger partial charge on any atom is 0.213 e. The van der Waals surface area contributed by atoms with Gasteiger partial charge in [0.15, 0.2) is 5.96 Å². The van der Waals surface area contributed by atoms with E-state index in [2.05, 4.69) is 20.6 Å². The highest BCUT2D eigenvalue weighted by atomic mass is 127. The van der Waals surface area contributed by atoms with Crippen LogP contribution in [0.4, 0.5) is 4.39 Å². The van der Waals surface area contributed by atoms with Crippen molar-refractivity contribution >= 4 is 29.9 Å². The summed E-state index contributed by atoms with van der Waals surface area (Å²) in [5.74, 6) is 1.13. The first-order valence-electron chi connectivity index (χ1n) is 8.56. The molecule has 0 spiro atoms. The average Bonchev–Trinajstić information content (AvgIpc) is 2.62. The van der Waals surface area contributed by atoms with Gasteiger partial charge in [0.05, 0.1) is 13.2 Å². The summed E-state index contributed by atoms with van der Waals surface area (Å²) < 4.78 is 19.0. The number of benzene rings is 1. The largest absolute Gasteiger partial charge is 0.478 e. The van der Waals surface area contributed by atoms with Gasteiger partial charge in [-0.25, -0.2) is 14.4 Å². The molecule has 0 unspecified atom stereocenters. The lowest BCUT2D eigenvalue weighted by Crippen LogP contribution is -2.38. The van der Waals surface area contributed by atoms with E-state index in [0.717, 1.165) is 12.1 Å². The number of ether oxygens (including phenoxy) is 1. The standard InChI is InChI=1S/C19H25FN4O.HI/c1-3-21-19(23-12-10-16-7-5-6-8-17(16)20)24-14-15-9-11-22-18(13-15)25-4-2;/h5-9,11,13H,3-4,10,12,14H2,1-2H3,(H2,21,23,24);1H. The topological polar surface area (TPSA) is 58.5 Å². The molecule has 142 valence electrons. The van der Waals surface area contributed by atoms with Crippen molar-refractivity contribution in [2.75, 3.05) is 19.7 Å². The highest BCUT2D eigenvalue weighted by Crippen LogP contribution is 2.10. The highest BCUT2D eigenvalue weighted by molar-refractivity contribution is 14.0. The molecule has 1 heterocycles. The fourth-order valence-electron chi connectivity index (χ4n) is 2.30. The van der Waals surface area contributed by atoms with Crippen molar-refractivity contribution in [3.63, 3.8) is 0 Å². The first-order valence-corrected chi connectivity index (χ1v) is 8.56. The highest BCUT2D eigenvalue weighted by Gasteiger charge is 2.03. The van der Waals surface area contributed by atoms with E-state index < -0.39 is 0 Å². The van der Waals surface area contributed by atoms with E-state index in [1.165, 1.54) is 6.07 Å². The minimum Gasteiger partial charge on any atom is -0.478 e. The van der Waals surface area contributed by atoms with Crippen LogP contribution in [0.2, 0.25) is 0 Å². The van der Waals surface area contributed by atoms with Gasteiger partial charge in [-0.05, 0) is 43.5 Å². The van der Waals surface area contributed by atoms with Crippen LogP contribution in [-0.4, -0.2) is 30.6 Å². The fraction of sp³-hybridized carbons (Fsp3) is 0.368. The van der Waals surface area contributed by atoms with Crippen LogP contribution in [0, 0.1) is 5.82 Å². The van der Waals surface area contributed by atoms with Crippen molar-refractivity contribution in [2.24, 2.45) is 4.99 Å². The van der Waals surface area contributed by atoms with Crippen LogP contribution in [0.1, 0.15) is 25.0 Å². The predicted molar refractivity (Wildman–Crippen MR) is 114 cm³/mol. The van der Waals surface area contributed by atoms with Crippen molar-refractivity contribution < 1.29 is 9.13 Å². The summed E-state index contributed by atoms with van der Waals surface area (Å²) in [5.41, 5.74) is 1.71. The second kappa shape index (κ2) is 12.5. The van der Waals surface area contributed by atoms with Crippen molar-refractivity contribution in [1.29, 1.82) is 0 Å². The first kappa shape index (κ1) is 22.1. The third-order valence-electron chi connectivity index (χ3n) is 3.50. The minimum absolute atomic E-state index is 0. The summed E-state index contributed by atoms with van der Waals surface area (Å²) in [4.78, 5) is 8.70. The van der Waals surface area contributed by atoms with Gasteiger partial charge in [-0.3, -0.25) is 0 Å². The van der Waals surface area contributed by atoms with Crippen LogP contribution in [-0.2, 0) is 13.0 Å². The smallest absolute Gasteiger partial charge is 0.213 e. The van der Waals surface area contributed by atoms with Crippen LogP contribution in [0.25, 0.3) is 0 Å². The Morgan fingerprint density at radius 1 is 1.19 bits per heavy atom. The molecule has 0 fully saturated rings. The van der Waals surface area contributed by atoms with Gasteiger partial charge in [-0.2, -0.15) is 0 Å². The lowest BCUT2D eigenvalue weighted by atomic mass is 10.1. The number of rotatable bonds is 8. The molecule has 5 nitrogen and oxygen atoms in total. The minimum atomic E-state index is -0.175. The molecular formula is C19H26FIN4O. The molecule has 0 saturated carbocycles. The molecule has 1 aromatic heterocycles. The van der Waals surface area contributed by atoms with Gasteiger partial charge in [0, 0.05) is 25.4 Å². The van der Waals surface area contributed by atoms with Gasteiger partial charge in [0.1, 0.15) is 5.82 Å². The Hall–Kier alpha value is -1.90. The molecule has 0 radical (unpaired) electrons. The Morgan fingerprint density at radius 3 is 2.73 bits per heavy atom. The Kier molecular flexibility index (Phi) is 10.6. The maximum atomic E-state index is 13.6. The van der Waals surface area contributed by atoms with Crippen LogP contribution in [0.15, 0.2) is 47.6 Å². The summed E-state index contributed by atoms with van der Waals surface area (Å²) in [6, 6.07) is 10.6. The van der Waals surface area contributed by atoms with E-state index in [4.69, 9.17) is 4.74 Å². The SMILES string of the molecule is CCNC(=NCc1ccnc(OCC)c1)NCCc1ccccc1F.I. The Balaban J connectivity index is 0.00000338. The molecule has 0 aliphatic rings. The molecule has 0 aliphatic carbocycles. The van der Waals surface area contributed by atoms with Gasteiger partial charge in [-0.1, -0.05) is 18.2 Å². The molecule has 0 amide bonds. The zero-order chi connectivity index (χ0) is 17.9. The monoisotopic (exact) mass is 472 g/mol. The second-order valence-corrected chi connectivity index (χ2v) is 5.40. The Bertz CT molecular complexity index is 697. The third kappa shape index (κ3) is 7.55. The fourth-order valence-corrected chi connectivity index (χ4v) is 2.30. The number of nitrogens with zero attached hydrogens (tertiary/aromatic N) is 2. The zero-order valence-corrected chi connectivity index (χ0v) is 17.5. The molecule has 26 heavy (non-hydrogen) atoms. The molecule has 1 aromatic carbocycles. The molecule has 0 bridgehead atoms. The van der Waals surface area contributed by atoms with E-state index in [1.807, 2.05) is 32.0 Å². The molecular weight excluding hydrogens is 446 g/mol. The molecule has 0 saturated heterocycles. The lowest BCUT2D eigenvalue weighted by molar-refractivity contribution is 0.326. The number of aromatic nitrogens is 1. The summed E-state index contributed by atoms with van der Waals surface area (Å²) >= 11 is 0. The van der Waals surface area contributed by atoms with Gasteiger partial charge in [-0.15, -0.1) is 24.0 Å². The number of hydrogen-bond donors (Lipinski definition) is 2. The first-order chi connectivity index (χ1) is 12.2. The molecule has 0 atom stereocenters. The van der Waals surface area contributed by atoms with Crippen molar-refractivity contribution in [2.45, 2.75) is 26.8 Å². The van der Waals surface area contributed by atoms with Gasteiger partial charge in [0.25, 0.3) is 0 Å². The van der Waals surface area contributed by atoms with Crippen LogP contribution < -0.4 is 15.4 Å². The quantitative estimate of drug-likeness (QED) is 0.351. The molecule has 7 heteroatoms. The van der Waals surface area contributed by atoms with E-state index in [-0.39, 0.29) is 29.8 Å². The van der Waals surface area contributed by atoms with Gasteiger partial charge >= 0.3 is 0 Å². The summed E-state index contributed by atoms with van der Waals surface area (Å²) in [5, 5.41) is 6.42. The summed E-state index contributed by atoms with van der Waals surface area (Å²) in [7, 11) is 0. The maximum absolute atomic E-state index is 13.6. The number of halogens is 2. The van der Waals surface area contributed by atoms with Crippen molar-refractivity contribution in [3.05, 3.63) is 59.5 Å². The third-order valence-corrected chi connectivity index (χ3v) is 3.50. The van der Waals surface area contributed by atoms with Crippen LogP contribution in [0.3, 0.4) is 0 Å². The predicted octanol–water partition coefficient (Wildman–Crippen LogP) is 3.54. The van der Waals surface area contributed by atoms with Crippen molar-refractivity contribution in [3.8, 4) is 5.88 Å². The Labute approximate surface area is 171 Å². The summed E-state index contributed by atoms with van der Waals surface area (Å²) in [6.45, 7) is 6.39. The van der Waals surface area contributed by atoms with E-state index >= 15 is 0 Å². The second-order valence-electron chi connectivity index (χ2n) is 5.40. The number of hydrogen-bond acceptors (Lipinski definition) is 3. The number of guanidine groups is 1. The van der Waals surface area contributed by atoms with E-state index in [0.29, 0.717) is 43.5 Å². The normalized spacial score (nSPS) is 10.8. The van der Waals surface area contributed by atoms with Gasteiger partial charge < -0.3 is 15.4 Å². The Morgan fingerprint density at radius 2 is 2.00 bits per heavy atom. The molecule has 2 rings (SSSR count). The molecule has 2 N–H and O–H groups in total. The average molecular weight is 472 g/mol. The van der Waals surface area contributed by atoms with Gasteiger partial charge in [0.2, 0.25) is 5.88 Å². The zero-order valence-electron chi connectivity index (χ0n) is 15.2. The number of aliphatic imine (C=N–C) groups is 1. The molecule has 2 aromatic rings. The van der Waals surface area contributed by atoms with Crippen LogP contribution >= 0.6 is 24.0 Å². The molecule has 0 aliphatic heterocycles. The van der Waals surface area contributed by atoms with Crippen LogP contribution in [0.5, 0.6) is 5.88 Å². The summed E-state index contributed by atoms with van der Waals surface area (Å²) in [6.07, 6.45) is 2.31.